The molecule has 1 heterocycles. The molecule has 0 bridgehead atoms. The third-order valence-electron chi connectivity index (χ3n) is 3.09. The summed E-state index contributed by atoms with van der Waals surface area (Å²) in [6.45, 7) is 1.57. The summed E-state index contributed by atoms with van der Waals surface area (Å²) < 4.78 is 0. The Morgan fingerprint density at radius 2 is 2.12 bits per heavy atom. The Balaban J connectivity index is 2.55. The molecule has 6 nitrogen and oxygen atoms in total. The maximum absolute atomic E-state index is 11.8. The number of carbonyl (C=O) groups is 1. The van der Waals surface area contributed by atoms with Crippen LogP contribution in [0, 0.1) is 0 Å². The molecule has 0 aromatic carbocycles. The van der Waals surface area contributed by atoms with E-state index < -0.39 is 17.7 Å². The molecule has 0 aromatic heterocycles. The minimum Gasteiger partial charge on any atom is -0.394 e. The summed E-state index contributed by atoms with van der Waals surface area (Å²) in [6, 6.07) is -0.445. The van der Waals surface area contributed by atoms with Crippen molar-refractivity contribution in [2.45, 2.75) is 37.5 Å². The quantitative estimate of drug-likeness (QED) is 0.376. The first-order valence-electron chi connectivity index (χ1n) is 5.52. The highest BCUT2D eigenvalue weighted by Crippen LogP contribution is 2.12. The molecule has 0 saturated carbocycles. The van der Waals surface area contributed by atoms with Crippen LogP contribution in [0.15, 0.2) is 0 Å². The molecule has 0 aromatic rings. The van der Waals surface area contributed by atoms with Crippen LogP contribution in [0.1, 0.15) is 19.8 Å². The first kappa shape index (κ1) is 13.4. The lowest BCUT2D eigenvalue weighted by Crippen LogP contribution is -2.57. The molecule has 1 rings (SSSR count). The Kier molecular flexibility index (Phi) is 4.67. The molecule has 1 saturated heterocycles. The van der Waals surface area contributed by atoms with Gasteiger partial charge in [0, 0.05) is 6.54 Å². The second-order valence-electron chi connectivity index (χ2n) is 4.29. The van der Waals surface area contributed by atoms with E-state index in [0.717, 1.165) is 0 Å². The van der Waals surface area contributed by atoms with E-state index >= 15 is 0 Å². The Hall–Kier alpha value is -0.690. The van der Waals surface area contributed by atoms with E-state index in [2.05, 4.69) is 10.6 Å². The third kappa shape index (κ3) is 2.91. The lowest BCUT2D eigenvalue weighted by Gasteiger charge is -2.30. The van der Waals surface area contributed by atoms with Crippen molar-refractivity contribution in [1.29, 1.82) is 0 Å². The van der Waals surface area contributed by atoms with Crippen molar-refractivity contribution >= 4 is 5.91 Å². The van der Waals surface area contributed by atoms with E-state index in [9.17, 15) is 20.1 Å². The monoisotopic (exact) mass is 232 g/mol. The highest BCUT2D eigenvalue weighted by atomic mass is 16.3. The molecule has 0 radical (unpaired) electrons. The van der Waals surface area contributed by atoms with Gasteiger partial charge < -0.3 is 26.0 Å². The van der Waals surface area contributed by atoms with Crippen LogP contribution in [0.25, 0.3) is 0 Å². The SMILES string of the molecule is CCC(CO)(CO)NC(=O)C1CC(O)CN1. The molecular formula is C10H20N2O4. The van der Waals surface area contributed by atoms with Gasteiger partial charge in [-0.3, -0.25) is 4.79 Å². The Bertz CT molecular complexity index is 235. The standard InChI is InChI=1S/C10H20N2O4/c1-2-10(5-13,6-14)12-9(16)8-3-7(15)4-11-8/h7-8,11,13-15H,2-6H2,1H3,(H,12,16). The fraction of sp³-hybridized carbons (Fsp3) is 0.900. The third-order valence-corrected chi connectivity index (χ3v) is 3.09. The van der Waals surface area contributed by atoms with Gasteiger partial charge in [-0.05, 0) is 12.8 Å². The highest BCUT2D eigenvalue weighted by molar-refractivity contribution is 5.82. The minimum atomic E-state index is -0.966. The van der Waals surface area contributed by atoms with E-state index in [0.29, 0.717) is 19.4 Å². The predicted octanol–water partition coefficient (Wildman–Crippen LogP) is -2.04. The summed E-state index contributed by atoms with van der Waals surface area (Å²) in [4.78, 5) is 11.8. The summed E-state index contributed by atoms with van der Waals surface area (Å²) in [6.07, 6.45) is 0.304. The van der Waals surface area contributed by atoms with Gasteiger partial charge in [-0.2, -0.15) is 0 Å². The van der Waals surface area contributed by atoms with Gasteiger partial charge in [-0.1, -0.05) is 6.92 Å². The number of amides is 1. The normalized spacial score (nSPS) is 25.8. The number of hydrogen-bond acceptors (Lipinski definition) is 5. The van der Waals surface area contributed by atoms with Crippen molar-refractivity contribution in [3.8, 4) is 0 Å². The molecule has 1 aliphatic heterocycles. The predicted molar refractivity (Wildman–Crippen MR) is 57.8 cm³/mol. The number of β-amino-alcohol motifs (C(OH)–C–C–N with tert-alkyl or cyclic N) is 1. The summed E-state index contributed by atoms with van der Waals surface area (Å²) in [5, 5.41) is 33.1. The van der Waals surface area contributed by atoms with E-state index in [4.69, 9.17) is 0 Å². The van der Waals surface area contributed by atoms with Crippen LogP contribution in [-0.4, -0.2) is 58.7 Å². The van der Waals surface area contributed by atoms with Crippen molar-refractivity contribution < 1.29 is 20.1 Å². The van der Waals surface area contributed by atoms with Gasteiger partial charge in [0.05, 0.1) is 30.9 Å². The van der Waals surface area contributed by atoms with Crippen molar-refractivity contribution in [1.82, 2.24) is 10.6 Å². The van der Waals surface area contributed by atoms with Crippen molar-refractivity contribution in [2.75, 3.05) is 19.8 Å². The molecular weight excluding hydrogens is 212 g/mol. The average Bonchev–Trinajstić information content (AvgIpc) is 2.73. The van der Waals surface area contributed by atoms with Gasteiger partial charge in [0.2, 0.25) is 5.91 Å². The number of rotatable bonds is 5. The van der Waals surface area contributed by atoms with Gasteiger partial charge in [0.15, 0.2) is 0 Å². The molecule has 2 atom stereocenters. The number of nitrogens with one attached hydrogen (secondary N) is 2. The Labute approximate surface area is 94.7 Å². The smallest absolute Gasteiger partial charge is 0.237 e. The second kappa shape index (κ2) is 5.58. The molecule has 6 heteroatoms. The van der Waals surface area contributed by atoms with Gasteiger partial charge >= 0.3 is 0 Å². The van der Waals surface area contributed by atoms with Gasteiger partial charge in [-0.25, -0.2) is 0 Å². The zero-order valence-corrected chi connectivity index (χ0v) is 9.44. The maximum Gasteiger partial charge on any atom is 0.237 e. The molecule has 94 valence electrons. The van der Waals surface area contributed by atoms with Gasteiger partial charge in [0.1, 0.15) is 0 Å². The fourth-order valence-corrected chi connectivity index (χ4v) is 1.71. The molecule has 0 spiro atoms. The first-order chi connectivity index (χ1) is 7.56. The largest absolute Gasteiger partial charge is 0.394 e. The number of aliphatic hydroxyl groups excluding tert-OH is 3. The topological polar surface area (TPSA) is 102 Å². The molecule has 5 N–H and O–H groups in total. The van der Waals surface area contributed by atoms with Crippen LogP contribution in [0.2, 0.25) is 0 Å². The van der Waals surface area contributed by atoms with Crippen molar-refractivity contribution in [3.63, 3.8) is 0 Å². The average molecular weight is 232 g/mol. The Morgan fingerprint density at radius 1 is 1.50 bits per heavy atom. The molecule has 0 aliphatic carbocycles. The maximum atomic E-state index is 11.8. The van der Waals surface area contributed by atoms with Crippen LogP contribution in [0.4, 0.5) is 0 Å². The van der Waals surface area contributed by atoms with Crippen LogP contribution >= 0.6 is 0 Å². The summed E-state index contributed by atoms with van der Waals surface area (Å²) >= 11 is 0. The van der Waals surface area contributed by atoms with Crippen LogP contribution < -0.4 is 10.6 Å². The lowest BCUT2D eigenvalue weighted by molar-refractivity contribution is -0.126. The van der Waals surface area contributed by atoms with Crippen molar-refractivity contribution in [3.05, 3.63) is 0 Å². The molecule has 16 heavy (non-hydrogen) atoms. The van der Waals surface area contributed by atoms with Gasteiger partial charge in [0.25, 0.3) is 0 Å². The number of carbonyl (C=O) groups excluding carboxylic acids is 1. The second-order valence-corrected chi connectivity index (χ2v) is 4.29. The Morgan fingerprint density at radius 3 is 2.50 bits per heavy atom. The zero-order valence-electron chi connectivity index (χ0n) is 9.44. The zero-order chi connectivity index (χ0) is 12.2. The summed E-state index contributed by atoms with van der Waals surface area (Å²) in [5.41, 5.74) is -0.966. The molecule has 2 unspecified atom stereocenters. The van der Waals surface area contributed by atoms with E-state index in [-0.39, 0.29) is 19.1 Å². The molecule has 1 aliphatic rings. The van der Waals surface area contributed by atoms with E-state index in [1.54, 1.807) is 6.92 Å². The number of aliphatic hydroxyl groups is 3. The van der Waals surface area contributed by atoms with Crippen LogP contribution in [-0.2, 0) is 4.79 Å². The summed E-state index contributed by atoms with van der Waals surface area (Å²) in [7, 11) is 0. The summed E-state index contributed by atoms with van der Waals surface area (Å²) in [5.74, 6) is -0.290. The van der Waals surface area contributed by atoms with Crippen LogP contribution in [0.5, 0.6) is 0 Å². The highest BCUT2D eigenvalue weighted by Gasteiger charge is 2.34. The first-order valence-corrected chi connectivity index (χ1v) is 5.52. The van der Waals surface area contributed by atoms with E-state index in [1.807, 2.05) is 0 Å². The molecule has 1 fully saturated rings. The van der Waals surface area contributed by atoms with E-state index in [1.165, 1.54) is 0 Å². The number of hydrogen-bond donors (Lipinski definition) is 5. The lowest BCUT2D eigenvalue weighted by atomic mass is 9.97. The van der Waals surface area contributed by atoms with Gasteiger partial charge in [-0.15, -0.1) is 0 Å². The fourth-order valence-electron chi connectivity index (χ4n) is 1.71. The minimum absolute atomic E-state index is 0.290. The van der Waals surface area contributed by atoms with Crippen molar-refractivity contribution in [2.24, 2.45) is 0 Å². The van der Waals surface area contributed by atoms with Crippen LogP contribution in [0.3, 0.4) is 0 Å². The molecule has 1 amide bonds.